The minimum Gasteiger partial charge on any atom is -0.449 e. The molecule has 36 heavy (non-hydrogen) atoms. The summed E-state index contributed by atoms with van der Waals surface area (Å²) >= 11 is 0. The van der Waals surface area contributed by atoms with Crippen LogP contribution in [0.2, 0.25) is 0 Å². The van der Waals surface area contributed by atoms with Gasteiger partial charge in [0, 0.05) is 44.9 Å². The van der Waals surface area contributed by atoms with Crippen LogP contribution in [0.15, 0.2) is 29.2 Å². The summed E-state index contributed by atoms with van der Waals surface area (Å²) in [5.74, 6) is 0.107. The van der Waals surface area contributed by atoms with Gasteiger partial charge in [-0.1, -0.05) is 32.4 Å². The summed E-state index contributed by atoms with van der Waals surface area (Å²) in [6.45, 7) is 11.0. The molecule has 2 rings (SSSR count). The molecule has 0 aromatic heterocycles. The highest BCUT2D eigenvalue weighted by Gasteiger charge is 2.24. The number of nitrogens with zero attached hydrogens (tertiary/aromatic N) is 3. The SMILES string of the molecule is CCCCOC(=O)N1CCC(=O)N(CCCCN(CCC)C(C)Cc2ccc(S(C)(=O)=O)cc2)CC1. The van der Waals surface area contributed by atoms with Crippen LogP contribution in [-0.2, 0) is 25.8 Å². The quantitative estimate of drug-likeness (QED) is 0.343. The lowest BCUT2D eigenvalue weighted by Gasteiger charge is -2.29. The second-order valence-corrected chi connectivity index (χ2v) is 11.8. The first kappa shape index (κ1) is 30.1. The van der Waals surface area contributed by atoms with Gasteiger partial charge in [0.15, 0.2) is 9.84 Å². The van der Waals surface area contributed by atoms with E-state index in [1.54, 1.807) is 17.0 Å². The van der Waals surface area contributed by atoms with Gasteiger partial charge in [-0.15, -0.1) is 0 Å². The Morgan fingerprint density at radius 1 is 1.03 bits per heavy atom. The maximum Gasteiger partial charge on any atom is 0.409 e. The minimum absolute atomic E-state index is 0.107. The molecule has 0 bridgehead atoms. The molecule has 204 valence electrons. The number of benzene rings is 1. The molecule has 8 nitrogen and oxygen atoms in total. The van der Waals surface area contributed by atoms with E-state index in [2.05, 4.69) is 25.7 Å². The predicted octanol–water partition coefficient (Wildman–Crippen LogP) is 3.98. The lowest BCUT2D eigenvalue weighted by atomic mass is 10.1. The highest BCUT2D eigenvalue weighted by molar-refractivity contribution is 7.90. The first-order chi connectivity index (χ1) is 17.2. The maximum absolute atomic E-state index is 12.6. The summed E-state index contributed by atoms with van der Waals surface area (Å²) in [7, 11) is -3.18. The lowest BCUT2D eigenvalue weighted by molar-refractivity contribution is -0.130. The van der Waals surface area contributed by atoms with E-state index >= 15 is 0 Å². The van der Waals surface area contributed by atoms with Crippen LogP contribution in [0, 0.1) is 0 Å². The van der Waals surface area contributed by atoms with Crippen LogP contribution >= 0.6 is 0 Å². The molecule has 1 fully saturated rings. The van der Waals surface area contributed by atoms with Crippen molar-refractivity contribution < 1.29 is 22.7 Å². The van der Waals surface area contributed by atoms with Crippen molar-refractivity contribution in [3.8, 4) is 0 Å². The van der Waals surface area contributed by atoms with Crippen LogP contribution in [0.5, 0.6) is 0 Å². The molecule has 9 heteroatoms. The molecule has 1 unspecified atom stereocenters. The van der Waals surface area contributed by atoms with Gasteiger partial charge in [-0.2, -0.15) is 0 Å². The molecular weight excluding hydrogens is 478 g/mol. The highest BCUT2D eigenvalue weighted by Crippen LogP contribution is 2.15. The smallest absolute Gasteiger partial charge is 0.409 e. The first-order valence-electron chi connectivity index (χ1n) is 13.4. The third-order valence-corrected chi connectivity index (χ3v) is 7.84. The number of hydrogen-bond acceptors (Lipinski definition) is 6. The number of unbranched alkanes of at least 4 members (excludes halogenated alkanes) is 2. The number of amides is 2. The number of ether oxygens (including phenoxy) is 1. The molecule has 0 spiro atoms. The van der Waals surface area contributed by atoms with E-state index in [9.17, 15) is 18.0 Å². The minimum atomic E-state index is -3.18. The Labute approximate surface area is 217 Å². The zero-order chi connectivity index (χ0) is 26.6. The Hall–Kier alpha value is -2.13. The van der Waals surface area contributed by atoms with Crippen molar-refractivity contribution in [2.24, 2.45) is 0 Å². The van der Waals surface area contributed by atoms with Crippen molar-refractivity contribution in [1.29, 1.82) is 0 Å². The van der Waals surface area contributed by atoms with Crippen LogP contribution in [0.3, 0.4) is 0 Å². The molecule has 1 aliphatic rings. The van der Waals surface area contributed by atoms with E-state index < -0.39 is 9.84 Å². The van der Waals surface area contributed by atoms with Gasteiger partial charge in [0.1, 0.15) is 0 Å². The van der Waals surface area contributed by atoms with Crippen LogP contribution < -0.4 is 0 Å². The molecule has 0 radical (unpaired) electrons. The van der Waals surface area contributed by atoms with Crippen molar-refractivity contribution in [1.82, 2.24) is 14.7 Å². The zero-order valence-electron chi connectivity index (χ0n) is 22.6. The fraction of sp³-hybridized carbons (Fsp3) is 0.704. The average Bonchev–Trinajstić information content (AvgIpc) is 3.02. The molecule has 0 N–H and O–H groups in total. The van der Waals surface area contributed by atoms with E-state index in [0.29, 0.717) is 50.1 Å². The van der Waals surface area contributed by atoms with E-state index in [1.165, 1.54) is 6.26 Å². The fourth-order valence-corrected chi connectivity index (χ4v) is 5.11. The van der Waals surface area contributed by atoms with Gasteiger partial charge in [-0.05, 0) is 69.8 Å². The second-order valence-electron chi connectivity index (χ2n) is 9.80. The van der Waals surface area contributed by atoms with Gasteiger partial charge in [-0.25, -0.2) is 13.2 Å². The molecule has 1 aliphatic heterocycles. The second kappa shape index (κ2) is 15.2. The molecule has 1 aromatic rings. The molecular formula is C27H45N3O5S. The Kier molecular flexibility index (Phi) is 12.7. The first-order valence-corrected chi connectivity index (χ1v) is 15.3. The van der Waals surface area contributed by atoms with Crippen LogP contribution in [0.4, 0.5) is 4.79 Å². The summed E-state index contributed by atoms with van der Waals surface area (Å²) in [5, 5.41) is 0. The van der Waals surface area contributed by atoms with Gasteiger partial charge in [-0.3, -0.25) is 4.79 Å². The van der Waals surface area contributed by atoms with Crippen LogP contribution in [0.25, 0.3) is 0 Å². The Bertz CT molecular complexity index is 920. The molecule has 1 saturated heterocycles. The van der Waals surface area contributed by atoms with Crippen molar-refractivity contribution in [3.63, 3.8) is 0 Å². The van der Waals surface area contributed by atoms with Crippen molar-refractivity contribution >= 4 is 21.8 Å². The monoisotopic (exact) mass is 523 g/mol. The average molecular weight is 524 g/mol. The number of hydrogen-bond donors (Lipinski definition) is 0. The Balaban J connectivity index is 1.79. The molecule has 1 aromatic carbocycles. The van der Waals surface area contributed by atoms with Crippen molar-refractivity contribution in [2.75, 3.05) is 52.1 Å². The largest absolute Gasteiger partial charge is 0.449 e. The van der Waals surface area contributed by atoms with E-state index in [0.717, 1.165) is 57.2 Å². The highest BCUT2D eigenvalue weighted by atomic mass is 32.2. The fourth-order valence-electron chi connectivity index (χ4n) is 4.48. The van der Waals surface area contributed by atoms with Gasteiger partial charge in [0.25, 0.3) is 0 Å². The van der Waals surface area contributed by atoms with Gasteiger partial charge < -0.3 is 19.4 Å². The number of carbonyl (C=O) groups is 2. The van der Waals surface area contributed by atoms with E-state index in [-0.39, 0.29) is 12.0 Å². The normalized spacial score (nSPS) is 15.8. The standard InChI is InChI=1S/C27H45N3O5S/c1-5-7-21-35-27(32)30-18-14-26(31)29(19-20-30)17-9-8-16-28(15-6-2)23(3)22-24-10-12-25(13-11-24)36(4,33)34/h10-13,23H,5-9,14-22H2,1-4H3. The van der Waals surface area contributed by atoms with E-state index in [4.69, 9.17) is 4.74 Å². The summed E-state index contributed by atoms with van der Waals surface area (Å²) in [6, 6.07) is 7.52. The third kappa shape index (κ3) is 10.1. The summed E-state index contributed by atoms with van der Waals surface area (Å²) in [4.78, 5) is 31.2. The van der Waals surface area contributed by atoms with Gasteiger partial charge in [0.05, 0.1) is 11.5 Å². The van der Waals surface area contributed by atoms with Gasteiger partial charge >= 0.3 is 6.09 Å². The molecule has 1 heterocycles. The molecule has 0 aliphatic carbocycles. The summed E-state index contributed by atoms with van der Waals surface area (Å²) in [5.41, 5.74) is 1.13. The topological polar surface area (TPSA) is 87.2 Å². The molecule has 1 atom stereocenters. The number of rotatable bonds is 14. The van der Waals surface area contributed by atoms with Crippen LogP contribution in [0.1, 0.15) is 64.9 Å². The summed E-state index contributed by atoms with van der Waals surface area (Å²) < 4.78 is 28.7. The zero-order valence-corrected chi connectivity index (χ0v) is 23.4. The van der Waals surface area contributed by atoms with Crippen LogP contribution in [-0.4, -0.2) is 93.3 Å². The number of carbonyl (C=O) groups excluding carboxylic acids is 2. The lowest BCUT2D eigenvalue weighted by Crippen LogP contribution is -2.38. The summed E-state index contributed by atoms with van der Waals surface area (Å²) in [6.07, 6.45) is 6.93. The predicted molar refractivity (Wildman–Crippen MR) is 143 cm³/mol. The van der Waals surface area contributed by atoms with E-state index in [1.807, 2.05) is 17.0 Å². The Morgan fingerprint density at radius 3 is 2.39 bits per heavy atom. The molecule has 2 amide bonds. The maximum atomic E-state index is 12.6. The Morgan fingerprint density at radius 2 is 1.75 bits per heavy atom. The third-order valence-electron chi connectivity index (χ3n) is 6.71. The number of sulfone groups is 1. The molecule has 0 saturated carbocycles. The van der Waals surface area contributed by atoms with Crippen molar-refractivity contribution in [2.45, 2.75) is 76.7 Å². The van der Waals surface area contributed by atoms with Gasteiger partial charge in [0.2, 0.25) is 5.91 Å². The van der Waals surface area contributed by atoms with Crippen molar-refractivity contribution in [3.05, 3.63) is 29.8 Å².